The molecule has 0 aromatic rings. The smallest absolute Gasteiger partial charge is 0.314 e. The van der Waals surface area contributed by atoms with E-state index in [4.69, 9.17) is 52.1 Å². The second-order valence-corrected chi connectivity index (χ2v) is 24.8. The Morgan fingerprint density at radius 1 is 0.740 bits per heavy atom. The number of esters is 2. The third-order valence-corrected chi connectivity index (χ3v) is 19.5. The van der Waals surface area contributed by atoms with Crippen LogP contribution in [-0.2, 0) is 61.7 Å². The van der Waals surface area contributed by atoms with Gasteiger partial charge in [0.2, 0.25) is 0 Å². The van der Waals surface area contributed by atoms with Gasteiger partial charge < -0.3 is 98.1 Å². The summed E-state index contributed by atoms with van der Waals surface area (Å²) in [6.07, 6.45) is -15.9. The van der Waals surface area contributed by atoms with Crippen LogP contribution in [0.2, 0.25) is 0 Å². The molecular formula is C55H84O22. The number of hydrogen-bond acceptors (Lipinski definition) is 22. The lowest BCUT2D eigenvalue weighted by Crippen LogP contribution is -2.65. The van der Waals surface area contributed by atoms with Crippen LogP contribution in [0, 0.1) is 39.4 Å². The Hall–Kier alpha value is -2.56. The second kappa shape index (κ2) is 22.0. The fourth-order valence-electron chi connectivity index (χ4n) is 15.7. The molecule has 0 radical (unpaired) electrons. The molecule has 0 unspecified atom stereocenters. The van der Waals surface area contributed by atoms with Crippen molar-refractivity contribution in [3.05, 3.63) is 35.5 Å². The van der Waals surface area contributed by atoms with Crippen LogP contribution in [0.1, 0.15) is 101 Å². The molecule has 0 aromatic carbocycles. The molecular weight excluding hydrogens is 1010 g/mol. The SMILES string of the molecule is CO[C@@H]1[C@@H](O)[C@H](O[C@@H]2[C@@H](O)[C@H](O[C@H]3[C@H](O)[C@@H](O)[C@H](O[C@H]4[C@H](O[C@H]5CC[C@]6(C)[C@@H]7CC[C@]89C(=O)O[C@@](C)(/C=C/C=C(C)C)[C@H]8[C@@H](OC(C)=O)C[C@@]9(C)C7=CC[C@H]6C5(C)C)OC[C@@H](O)[C@@H]4O)O[C@@H]3C)OC[C@H]2O)O[C@H](CO)[C@H]1O. The maximum Gasteiger partial charge on any atom is 0.314 e. The van der Waals surface area contributed by atoms with Crippen molar-refractivity contribution in [3.8, 4) is 0 Å². The summed E-state index contributed by atoms with van der Waals surface area (Å²) in [5.41, 5.74) is -0.995. The minimum absolute atomic E-state index is 0.0731. The lowest BCUT2D eigenvalue weighted by molar-refractivity contribution is -0.382. The van der Waals surface area contributed by atoms with Gasteiger partial charge in [0.25, 0.3) is 0 Å². The minimum atomic E-state index is -1.84. The zero-order valence-corrected chi connectivity index (χ0v) is 45.8. The molecule has 1 spiro atoms. The summed E-state index contributed by atoms with van der Waals surface area (Å²) in [6.45, 7) is 16.3. The van der Waals surface area contributed by atoms with Gasteiger partial charge in [-0.2, -0.15) is 0 Å². The van der Waals surface area contributed by atoms with E-state index >= 15 is 0 Å². The zero-order chi connectivity index (χ0) is 56.1. The van der Waals surface area contributed by atoms with Gasteiger partial charge in [0.1, 0.15) is 91.1 Å². The molecule has 9 aliphatic rings. The van der Waals surface area contributed by atoms with Gasteiger partial charge in [-0.1, -0.05) is 57.1 Å². The highest BCUT2D eigenvalue weighted by Crippen LogP contribution is 2.76. The summed E-state index contributed by atoms with van der Waals surface area (Å²) in [6, 6.07) is 0. The Morgan fingerprint density at radius 2 is 1.39 bits per heavy atom. The first kappa shape index (κ1) is 59.1. The van der Waals surface area contributed by atoms with Gasteiger partial charge in [0.05, 0.1) is 43.4 Å². The normalized spacial score (nSPS) is 51.4. The Morgan fingerprint density at radius 3 is 2.06 bits per heavy atom. The predicted molar refractivity (Wildman–Crippen MR) is 265 cm³/mol. The van der Waals surface area contributed by atoms with E-state index in [1.165, 1.54) is 26.5 Å². The van der Waals surface area contributed by atoms with E-state index in [2.05, 4.69) is 33.8 Å². The standard InChI is InChI=1S/C55H84O22/c1-24(2)12-11-17-54(9)45-31(71-26(4)57)20-53(8)28-13-14-33-51(5,6)34(16-18-52(33,7)27(28)15-19-55(45,53)50(66)77-54)73-49-44(35(60)29(58)22-69-49)76-47-38(63)37(62)41(25(3)70-47)74-46-39(64)42(30(59)23-68-46)75-48-40(65)43(67-10)36(61)32(21-56)72-48/h11-13,17,25,27,29-49,56,58-65H,14-16,18-23H2,1-10H3/b17-11+/t25-,27-,29-,30-,31+,32-,33+,34+,35+,36-,37-,38-,39-,40-,41-,42+,43+,44-,45-,46+,47+,48+,49+,52-,53+,54+,55-/m1/s1. The van der Waals surface area contributed by atoms with Gasteiger partial charge in [0.15, 0.2) is 25.2 Å². The molecule has 9 rings (SSSR count). The number of rotatable bonds is 13. The lowest BCUT2D eigenvalue weighted by Gasteiger charge is -2.63. The maximum absolute atomic E-state index is 14.6. The molecule has 3 saturated carbocycles. The number of carbonyl (C=O) groups excluding carboxylic acids is 2. The van der Waals surface area contributed by atoms with E-state index in [-0.39, 0.29) is 29.8 Å². The van der Waals surface area contributed by atoms with Crippen molar-refractivity contribution in [1.29, 1.82) is 0 Å². The van der Waals surface area contributed by atoms with Crippen molar-refractivity contribution in [2.24, 2.45) is 39.4 Å². The van der Waals surface area contributed by atoms with Crippen LogP contribution in [0.4, 0.5) is 0 Å². The topological polar surface area (TPSA) is 318 Å². The maximum atomic E-state index is 14.6. The first-order valence-electron chi connectivity index (χ1n) is 27.4. The monoisotopic (exact) mass is 1100 g/mol. The van der Waals surface area contributed by atoms with Gasteiger partial charge in [-0.3, -0.25) is 9.59 Å². The van der Waals surface area contributed by atoms with Crippen LogP contribution >= 0.6 is 0 Å². The molecule has 27 atom stereocenters. The third-order valence-electron chi connectivity index (χ3n) is 19.5. The van der Waals surface area contributed by atoms with E-state index in [1.807, 2.05) is 39.0 Å². The van der Waals surface area contributed by atoms with E-state index in [1.54, 1.807) is 0 Å². The summed E-state index contributed by atoms with van der Waals surface area (Å²) in [5.74, 6) is -0.874. The number of hydrogen-bond donors (Lipinski definition) is 9. The summed E-state index contributed by atoms with van der Waals surface area (Å²) in [5, 5.41) is 98.7. The second-order valence-electron chi connectivity index (χ2n) is 24.8. The van der Waals surface area contributed by atoms with Crippen molar-refractivity contribution in [3.63, 3.8) is 0 Å². The van der Waals surface area contributed by atoms with Crippen LogP contribution in [0.25, 0.3) is 0 Å². The molecule has 436 valence electrons. The van der Waals surface area contributed by atoms with Crippen molar-refractivity contribution >= 4 is 11.9 Å². The number of aliphatic hydroxyl groups excluding tert-OH is 9. The van der Waals surface area contributed by atoms with Crippen LogP contribution in [0.15, 0.2) is 35.5 Å². The van der Waals surface area contributed by atoms with E-state index in [9.17, 15) is 55.5 Å². The van der Waals surface area contributed by atoms with E-state index < -0.39 is 170 Å². The molecule has 22 heteroatoms. The number of allylic oxidation sites excluding steroid dienone is 5. The first-order chi connectivity index (χ1) is 36.2. The average molecular weight is 1100 g/mol. The van der Waals surface area contributed by atoms with Gasteiger partial charge >= 0.3 is 11.9 Å². The Kier molecular flexibility index (Phi) is 16.9. The molecule has 9 N–H and O–H groups in total. The van der Waals surface area contributed by atoms with E-state index in [0.717, 1.165) is 18.4 Å². The molecule has 5 aliphatic heterocycles. The van der Waals surface area contributed by atoms with Crippen LogP contribution < -0.4 is 0 Å². The molecule has 0 aromatic heterocycles. The number of ether oxygens (including phenoxy) is 11. The van der Waals surface area contributed by atoms with E-state index in [0.29, 0.717) is 25.7 Å². The number of aliphatic hydroxyl groups is 9. The molecule has 22 nitrogen and oxygen atoms in total. The van der Waals surface area contributed by atoms with Gasteiger partial charge in [-0.05, 0) is 95.0 Å². The number of methoxy groups -OCH3 is 1. The molecule has 0 amide bonds. The Bertz CT molecular complexity index is 2240. The lowest BCUT2D eigenvalue weighted by atomic mass is 9.41. The highest BCUT2D eigenvalue weighted by molar-refractivity contribution is 5.84. The molecule has 4 aliphatic carbocycles. The summed E-state index contributed by atoms with van der Waals surface area (Å²) < 4.78 is 65.9. The van der Waals surface area contributed by atoms with Gasteiger partial charge in [0, 0.05) is 19.4 Å². The first-order valence-corrected chi connectivity index (χ1v) is 27.4. The molecule has 5 heterocycles. The number of fused-ring (bicyclic) bond motifs is 4. The van der Waals surface area contributed by atoms with Gasteiger partial charge in [-0.15, -0.1) is 0 Å². The summed E-state index contributed by atoms with van der Waals surface area (Å²) in [4.78, 5) is 27.3. The zero-order valence-electron chi connectivity index (χ0n) is 45.8. The van der Waals surface area contributed by atoms with Crippen LogP contribution in [-0.4, -0.2) is 213 Å². The highest BCUT2D eigenvalue weighted by atomic mass is 16.8. The molecule has 5 saturated heterocycles. The summed E-state index contributed by atoms with van der Waals surface area (Å²) in [7, 11) is 1.23. The Balaban J connectivity index is 0.880. The molecule has 8 fully saturated rings. The largest absolute Gasteiger partial charge is 0.462 e. The quantitative estimate of drug-likeness (QED) is 0.0692. The number of cyclic esters (lactones) is 1. The fourth-order valence-corrected chi connectivity index (χ4v) is 15.7. The number of carbonyl (C=O) groups is 2. The fraction of sp³-hybridized carbons (Fsp3) is 0.855. The van der Waals surface area contributed by atoms with Crippen molar-refractivity contribution < 1.29 is 108 Å². The third kappa shape index (κ3) is 9.91. The van der Waals surface area contributed by atoms with Gasteiger partial charge in [-0.25, -0.2) is 0 Å². The van der Waals surface area contributed by atoms with Crippen LogP contribution in [0.5, 0.6) is 0 Å². The van der Waals surface area contributed by atoms with Crippen molar-refractivity contribution in [2.75, 3.05) is 26.9 Å². The van der Waals surface area contributed by atoms with Crippen LogP contribution in [0.3, 0.4) is 0 Å². The molecule has 77 heavy (non-hydrogen) atoms. The van der Waals surface area contributed by atoms with Crippen molar-refractivity contribution in [1.82, 2.24) is 0 Å². The predicted octanol–water partition coefficient (Wildman–Crippen LogP) is 0.569. The minimum Gasteiger partial charge on any atom is -0.462 e. The highest BCUT2D eigenvalue weighted by Gasteiger charge is 2.79. The average Bonchev–Trinajstić information content (AvgIpc) is 3.95. The van der Waals surface area contributed by atoms with Crippen molar-refractivity contribution in [2.45, 2.75) is 229 Å². The molecule has 0 bridgehead atoms. The Labute approximate surface area is 449 Å². The summed E-state index contributed by atoms with van der Waals surface area (Å²) >= 11 is 0.